The second kappa shape index (κ2) is 8.88. The zero-order valence-corrected chi connectivity index (χ0v) is 18.1. The number of nitrogens with one attached hydrogen (secondary N) is 1. The number of urea groups is 1. The molecule has 2 aliphatic heterocycles. The van der Waals surface area contributed by atoms with E-state index in [-0.39, 0.29) is 34.7 Å². The van der Waals surface area contributed by atoms with Gasteiger partial charge in [0, 0.05) is 43.2 Å². The molecular formula is C23H22F3N7O. The van der Waals surface area contributed by atoms with Gasteiger partial charge in [-0.1, -0.05) is 0 Å². The minimum atomic E-state index is -4.51. The van der Waals surface area contributed by atoms with Crippen molar-refractivity contribution in [1.29, 1.82) is 0 Å². The van der Waals surface area contributed by atoms with Crippen molar-refractivity contribution in [2.45, 2.75) is 37.4 Å². The number of aromatic nitrogens is 3. The SMILES string of the molecule is O=C(Nc1cnccn1)N1C=NC(c2cnc(C3CC3)c(C(F)(F)F)c2)=CC=CN2CC[C@H]1C2. The maximum absolute atomic E-state index is 13.7. The number of hydrogen-bond donors (Lipinski definition) is 1. The Morgan fingerprint density at radius 3 is 2.71 bits per heavy atom. The van der Waals surface area contributed by atoms with Crippen molar-refractivity contribution >= 4 is 23.9 Å². The Morgan fingerprint density at radius 2 is 1.97 bits per heavy atom. The number of halogens is 3. The second-order valence-corrected chi connectivity index (χ2v) is 8.43. The van der Waals surface area contributed by atoms with Gasteiger partial charge in [-0.25, -0.2) is 14.8 Å². The van der Waals surface area contributed by atoms with Crippen LogP contribution in [0.5, 0.6) is 0 Å². The Bertz CT molecular complexity index is 1160. The molecule has 0 aromatic carbocycles. The van der Waals surface area contributed by atoms with Gasteiger partial charge < -0.3 is 4.90 Å². The molecule has 1 saturated heterocycles. The number of hydrogen-bond acceptors (Lipinski definition) is 6. The van der Waals surface area contributed by atoms with Crippen molar-refractivity contribution in [2.75, 3.05) is 18.4 Å². The topological polar surface area (TPSA) is 86.6 Å². The molecule has 2 amide bonds. The van der Waals surface area contributed by atoms with E-state index in [1.54, 1.807) is 12.2 Å². The molecule has 4 heterocycles. The van der Waals surface area contributed by atoms with Crippen LogP contribution in [0.4, 0.5) is 23.8 Å². The Balaban J connectivity index is 1.48. The molecule has 1 aliphatic carbocycles. The molecule has 5 rings (SSSR count). The van der Waals surface area contributed by atoms with Gasteiger partial charge in [0.15, 0.2) is 5.82 Å². The monoisotopic (exact) mass is 469 g/mol. The summed E-state index contributed by atoms with van der Waals surface area (Å²) in [7, 11) is 0. The minimum absolute atomic E-state index is 0.0883. The first-order chi connectivity index (χ1) is 16.4. The molecule has 2 aromatic rings. The summed E-state index contributed by atoms with van der Waals surface area (Å²) < 4.78 is 41.2. The van der Waals surface area contributed by atoms with E-state index in [9.17, 15) is 18.0 Å². The Kier molecular flexibility index (Phi) is 5.76. The van der Waals surface area contributed by atoms with Crippen molar-refractivity contribution in [3.8, 4) is 0 Å². The lowest BCUT2D eigenvalue weighted by atomic mass is 10.1. The van der Waals surface area contributed by atoms with E-state index in [4.69, 9.17) is 0 Å². The minimum Gasteiger partial charge on any atom is -0.375 e. The molecule has 34 heavy (non-hydrogen) atoms. The summed E-state index contributed by atoms with van der Waals surface area (Å²) >= 11 is 0. The Labute approximate surface area is 193 Å². The van der Waals surface area contributed by atoms with E-state index < -0.39 is 17.8 Å². The lowest BCUT2D eigenvalue weighted by Crippen LogP contribution is -2.43. The number of aliphatic imine (C=N–C) groups is 1. The fourth-order valence-corrected chi connectivity index (χ4v) is 4.10. The average molecular weight is 469 g/mol. The van der Waals surface area contributed by atoms with Gasteiger partial charge in [0.1, 0.15) is 0 Å². The van der Waals surface area contributed by atoms with Gasteiger partial charge in [0.2, 0.25) is 0 Å². The third-order valence-corrected chi connectivity index (χ3v) is 5.98. The van der Waals surface area contributed by atoms with E-state index in [1.165, 1.54) is 36.0 Å². The van der Waals surface area contributed by atoms with Gasteiger partial charge in [0.05, 0.1) is 35.5 Å². The number of nitrogens with zero attached hydrogens (tertiary/aromatic N) is 6. The molecule has 3 aliphatic rings. The highest BCUT2D eigenvalue weighted by Gasteiger charge is 2.39. The van der Waals surface area contributed by atoms with Crippen LogP contribution in [-0.4, -0.2) is 56.3 Å². The number of carbonyl (C=O) groups excluding carboxylic acids is 1. The van der Waals surface area contributed by atoms with Gasteiger partial charge in [-0.3, -0.25) is 20.2 Å². The van der Waals surface area contributed by atoms with E-state index in [2.05, 4.69) is 30.2 Å². The van der Waals surface area contributed by atoms with Crippen LogP contribution in [0.15, 0.2) is 54.2 Å². The first kappa shape index (κ1) is 22.1. The molecule has 1 atom stereocenters. The Morgan fingerprint density at radius 1 is 1.12 bits per heavy atom. The second-order valence-electron chi connectivity index (χ2n) is 8.43. The highest BCUT2D eigenvalue weighted by atomic mass is 19.4. The number of carbonyl (C=O) groups is 1. The maximum atomic E-state index is 13.7. The average Bonchev–Trinajstić information content (AvgIpc) is 3.57. The van der Waals surface area contributed by atoms with Gasteiger partial charge in [-0.05, 0) is 43.7 Å². The number of alkyl halides is 3. The van der Waals surface area contributed by atoms with Crippen LogP contribution in [0.25, 0.3) is 5.70 Å². The summed E-state index contributed by atoms with van der Waals surface area (Å²) in [4.78, 5) is 33.1. The highest BCUT2D eigenvalue weighted by Crippen LogP contribution is 2.45. The summed E-state index contributed by atoms with van der Waals surface area (Å²) in [6.07, 6.45) is 10.1. The maximum Gasteiger partial charge on any atom is 0.418 e. The molecule has 2 fully saturated rings. The predicted octanol–water partition coefficient (Wildman–Crippen LogP) is 4.27. The van der Waals surface area contributed by atoms with Crippen molar-refractivity contribution in [2.24, 2.45) is 4.99 Å². The molecule has 11 heteroatoms. The predicted molar refractivity (Wildman–Crippen MR) is 120 cm³/mol. The largest absolute Gasteiger partial charge is 0.418 e. The number of allylic oxidation sites excluding steroid dienone is 2. The van der Waals surface area contributed by atoms with E-state index >= 15 is 0 Å². The molecule has 1 saturated carbocycles. The molecule has 0 radical (unpaired) electrons. The highest BCUT2D eigenvalue weighted by molar-refractivity contribution is 5.97. The molecule has 176 valence electrons. The number of rotatable bonds is 3. The molecule has 1 N–H and O–H groups in total. The molecule has 0 unspecified atom stereocenters. The normalized spacial score (nSPS) is 20.3. The van der Waals surface area contributed by atoms with Crippen LogP contribution in [0.2, 0.25) is 0 Å². The zero-order valence-electron chi connectivity index (χ0n) is 18.1. The lowest BCUT2D eigenvalue weighted by molar-refractivity contribution is -0.138. The summed E-state index contributed by atoms with van der Waals surface area (Å²) in [6.45, 7) is 1.35. The Hall–Kier alpha value is -3.76. The third-order valence-electron chi connectivity index (χ3n) is 5.98. The van der Waals surface area contributed by atoms with Crippen LogP contribution >= 0.6 is 0 Å². The van der Waals surface area contributed by atoms with Gasteiger partial charge >= 0.3 is 12.2 Å². The fraction of sp³-hybridized carbons (Fsp3) is 0.348. The van der Waals surface area contributed by atoms with Crippen LogP contribution < -0.4 is 5.32 Å². The van der Waals surface area contributed by atoms with Gasteiger partial charge in [0.25, 0.3) is 0 Å². The first-order valence-corrected chi connectivity index (χ1v) is 11.0. The van der Waals surface area contributed by atoms with E-state index in [0.717, 1.165) is 19.0 Å². The van der Waals surface area contributed by atoms with E-state index in [0.29, 0.717) is 19.4 Å². The standard InChI is InChI=1S/C23H22F3N7O/c24-23(25,26)18-10-16(11-29-21(18)15-3-4-15)19-2-1-8-32-9-5-17(13-32)33(14-30-19)22(34)31-20-12-27-6-7-28-20/h1-2,6-8,10-12,14-15,17H,3-5,9,13H2,(H,28,31,34)/t17-/m0/s1. The van der Waals surface area contributed by atoms with Gasteiger partial charge in [-0.15, -0.1) is 0 Å². The molecule has 8 nitrogen and oxygen atoms in total. The summed E-state index contributed by atoms with van der Waals surface area (Å²) in [5.74, 6) is 0.147. The van der Waals surface area contributed by atoms with E-state index in [1.807, 2.05) is 6.20 Å². The molecule has 2 aromatic heterocycles. The van der Waals surface area contributed by atoms with Crippen LogP contribution in [0.1, 0.15) is 42.0 Å². The van der Waals surface area contributed by atoms with Crippen molar-refractivity contribution < 1.29 is 18.0 Å². The van der Waals surface area contributed by atoms with Crippen molar-refractivity contribution in [3.63, 3.8) is 0 Å². The number of anilines is 1. The number of pyridine rings is 1. The smallest absolute Gasteiger partial charge is 0.375 e. The lowest BCUT2D eigenvalue weighted by Gasteiger charge is -2.25. The first-order valence-electron chi connectivity index (χ1n) is 11.0. The third kappa shape index (κ3) is 4.78. The van der Waals surface area contributed by atoms with Crippen LogP contribution in [0.3, 0.4) is 0 Å². The molecular weight excluding hydrogens is 447 g/mol. The zero-order chi connectivity index (χ0) is 23.7. The summed E-state index contributed by atoms with van der Waals surface area (Å²) in [6, 6.07) is 0.492. The number of amides is 2. The molecule has 0 spiro atoms. The van der Waals surface area contributed by atoms with Crippen molar-refractivity contribution in [3.05, 3.63) is 66.0 Å². The number of fused-ring (bicyclic) bond motifs is 2. The van der Waals surface area contributed by atoms with Crippen molar-refractivity contribution in [1.82, 2.24) is 24.8 Å². The fourth-order valence-electron chi connectivity index (χ4n) is 4.10. The van der Waals surface area contributed by atoms with Crippen LogP contribution in [-0.2, 0) is 6.18 Å². The quantitative estimate of drug-likeness (QED) is 0.726. The summed E-state index contributed by atoms with van der Waals surface area (Å²) in [5.41, 5.74) is -0.137. The molecule has 2 bridgehead atoms. The van der Waals surface area contributed by atoms with Crippen LogP contribution in [0, 0.1) is 0 Å². The van der Waals surface area contributed by atoms with Gasteiger partial charge in [-0.2, -0.15) is 13.2 Å². The summed E-state index contributed by atoms with van der Waals surface area (Å²) in [5, 5.41) is 2.69.